The molecule has 0 radical (unpaired) electrons. The Morgan fingerprint density at radius 2 is 1.79 bits per heavy atom. The average Bonchev–Trinajstić information content (AvgIpc) is 3.16. The Kier molecular flexibility index (Phi) is 7.40. The van der Waals surface area contributed by atoms with Crippen LogP contribution in [0, 0.1) is 0 Å². The van der Waals surface area contributed by atoms with Crippen LogP contribution in [0.5, 0.6) is 11.5 Å². The highest BCUT2D eigenvalue weighted by molar-refractivity contribution is 6.30. The predicted octanol–water partition coefficient (Wildman–Crippen LogP) is 5.39. The number of aromatic carboxylic acids is 1. The van der Waals surface area contributed by atoms with Gasteiger partial charge in [0, 0.05) is 40.6 Å². The molecular formula is C27H27ClN2O4. The molecule has 6 nitrogen and oxygen atoms in total. The topological polar surface area (TPSA) is 72.7 Å². The highest BCUT2D eigenvalue weighted by atomic mass is 35.5. The van der Waals surface area contributed by atoms with Gasteiger partial charge in [-0.3, -0.25) is 0 Å². The number of nitrogens with zero attached hydrogens (tertiary/aromatic N) is 1. The van der Waals surface area contributed by atoms with Crippen molar-refractivity contribution in [3.63, 3.8) is 0 Å². The van der Waals surface area contributed by atoms with Crippen molar-refractivity contribution in [1.82, 2.24) is 9.88 Å². The number of ether oxygens (including phenoxy) is 2. The van der Waals surface area contributed by atoms with Crippen LogP contribution in [0.15, 0.2) is 66.7 Å². The van der Waals surface area contributed by atoms with Crippen LogP contribution in [0.25, 0.3) is 10.9 Å². The van der Waals surface area contributed by atoms with Gasteiger partial charge in [0.05, 0.1) is 14.2 Å². The first-order chi connectivity index (χ1) is 16.5. The van der Waals surface area contributed by atoms with Gasteiger partial charge in [-0.1, -0.05) is 48.0 Å². The second kappa shape index (κ2) is 10.6. The van der Waals surface area contributed by atoms with Gasteiger partial charge in [-0.05, 0) is 48.4 Å². The van der Waals surface area contributed by atoms with Crippen LogP contribution in [0.2, 0.25) is 5.02 Å². The van der Waals surface area contributed by atoms with Gasteiger partial charge in [0.1, 0.15) is 17.2 Å². The van der Waals surface area contributed by atoms with E-state index in [1.165, 1.54) is 0 Å². The molecule has 4 aromatic rings. The number of fused-ring (bicyclic) bond motifs is 1. The Morgan fingerprint density at radius 3 is 2.50 bits per heavy atom. The molecule has 34 heavy (non-hydrogen) atoms. The van der Waals surface area contributed by atoms with E-state index in [1.807, 2.05) is 71.3 Å². The fourth-order valence-corrected chi connectivity index (χ4v) is 4.36. The van der Waals surface area contributed by atoms with Crippen molar-refractivity contribution >= 4 is 28.5 Å². The Balaban J connectivity index is 1.57. The fraction of sp³-hybridized carbons (Fsp3) is 0.222. The molecule has 0 aliphatic carbocycles. The molecule has 3 aromatic carbocycles. The summed E-state index contributed by atoms with van der Waals surface area (Å²) in [4.78, 5) is 12.4. The molecule has 0 saturated carbocycles. The van der Waals surface area contributed by atoms with Crippen LogP contribution >= 0.6 is 11.6 Å². The quantitative estimate of drug-likeness (QED) is 0.299. The summed E-state index contributed by atoms with van der Waals surface area (Å²) in [5, 5.41) is 15.1. The number of aromatic nitrogens is 1. The average molecular weight is 479 g/mol. The number of para-hydroxylation sites is 1. The number of carbonyl (C=O) groups is 1. The van der Waals surface area contributed by atoms with E-state index in [0.29, 0.717) is 30.4 Å². The van der Waals surface area contributed by atoms with Crippen molar-refractivity contribution in [2.45, 2.75) is 19.5 Å². The highest BCUT2D eigenvalue weighted by Gasteiger charge is 2.22. The van der Waals surface area contributed by atoms with Gasteiger partial charge in [-0.25, -0.2) is 4.79 Å². The van der Waals surface area contributed by atoms with Crippen molar-refractivity contribution in [3.05, 3.63) is 94.1 Å². The zero-order chi connectivity index (χ0) is 24.1. The summed E-state index contributed by atoms with van der Waals surface area (Å²) in [6.07, 6.45) is 0.735. The highest BCUT2D eigenvalue weighted by Crippen LogP contribution is 2.28. The lowest BCUT2D eigenvalue weighted by Crippen LogP contribution is -2.19. The van der Waals surface area contributed by atoms with Crippen molar-refractivity contribution in [2.75, 3.05) is 20.8 Å². The number of halogens is 1. The van der Waals surface area contributed by atoms with Crippen LogP contribution in [-0.2, 0) is 19.5 Å². The van der Waals surface area contributed by atoms with Gasteiger partial charge in [0.15, 0.2) is 0 Å². The molecule has 0 atom stereocenters. The Labute approximate surface area is 203 Å². The maximum absolute atomic E-state index is 12.4. The molecule has 0 unspecified atom stereocenters. The molecule has 0 spiro atoms. The lowest BCUT2D eigenvalue weighted by Gasteiger charge is -2.12. The summed E-state index contributed by atoms with van der Waals surface area (Å²) < 4.78 is 12.6. The number of hydrogen-bond acceptors (Lipinski definition) is 4. The number of hydrogen-bond donors (Lipinski definition) is 2. The number of carboxylic acid groups (broad SMARTS) is 1. The van der Waals surface area contributed by atoms with Gasteiger partial charge in [-0.15, -0.1) is 0 Å². The molecular weight excluding hydrogens is 452 g/mol. The Morgan fingerprint density at radius 1 is 1.03 bits per heavy atom. The smallest absolute Gasteiger partial charge is 0.352 e. The van der Waals surface area contributed by atoms with E-state index in [2.05, 4.69) is 5.32 Å². The first kappa shape index (κ1) is 23.7. The SMILES string of the molecule is COc1ccc(CCNCc2c(C(=O)O)n(Cc3ccc(Cl)cc3)c3ccccc23)c(OC)c1. The number of methoxy groups -OCH3 is 2. The minimum atomic E-state index is -0.946. The largest absolute Gasteiger partial charge is 0.497 e. The van der Waals surface area contributed by atoms with Crippen LogP contribution in [0.1, 0.15) is 27.2 Å². The zero-order valence-electron chi connectivity index (χ0n) is 19.2. The lowest BCUT2D eigenvalue weighted by molar-refractivity contribution is 0.0684. The summed E-state index contributed by atoms with van der Waals surface area (Å²) in [6, 6.07) is 21.0. The summed E-state index contributed by atoms with van der Waals surface area (Å²) in [5.74, 6) is 0.568. The molecule has 2 N–H and O–H groups in total. The summed E-state index contributed by atoms with van der Waals surface area (Å²) in [7, 11) is 3.26. The molecule has 0 aliphatic rings. The van der Waals surface area contributed by atoms with E-state index in [-0.39, 0.29) is 0 Å². The first-order valence-electron chi connectivity index (χ1n) is 11.0. The van der Waals surface area contributed by atoms with E-state index in [4.69, 9.17) is 21.1 Å². The van der Waals surface area contributed by atoms with Crippen molar-refractivity contribution < 1.29 is 19.4 Å². The third-order valence-corrected chi connectivity index (χ3v) is 6.15. The number of benzene rings is 3. The molecule has 7 heteroatoms. The van der Waals surface area contributed by atoms with Crippen molar-refractivity contribution in [3.8, 4) is 11.5 Å². The first-order valence-corrected chi connectivity index (χ1v) is 11.4. The van der Waals surface area contributed by atoms with Crippen LogP contribution in [0.4, 0.5) is 0 Å². The van der Waals surface area contributed by atoms with Crippen molar-refractivity contribution in [1.29, 1.82) is 0 Å². The molecule has 176 valence electrons. The molecule has 0 bridgehead atoms. The monoisotopic (exact) mass is 478 g/mol. The zero-order valence-corrected chi connectivity index (χ0v) is 19.9. The number of rotatable bonds is 10. The van der Waals surface area contributed by atoms with E-state index in [0.717, 1.165) is 45.5 Å². The number of nitrogens with one attached hydrogen (secondary N) is 1. The molecule has 0 amide bonds. The standard InChI is InChI=1S/C27H27ClN2O4/c1-33-21-12-9-19(25(15-21)34-2)13-14-29-16-23-22-5-3-4-6-24(22)30(26(23)27(31)32)17-18-7-10-20(28)11-8-18/h3-12,15,29H,13-14,16-17H2,1-2H3,(H,31,32). The Hall–Kier alpha value is -3.48. The summed E-state index contributed by atoms with van der Waals surface area (Å²) in [6.45, 7) is 1.55. The third-order valence-electron chi connectivity index (χ3n) is 5.90. The minimum Gasteiger partial charge on any atom is -0.497 e. The molecule has 0 fully saturated rings. The maximum Gasteiger partial charge on any atom is 0.352 e. The second-order valence-electron chi connectivity index (χ2n) is 7.97. The van der Waals surface area contributed by atoms with Crippen molar-refractivity contribution in [2.24, 2.45) is 0 Å². The fourth-order valence-electron chi connectivity index (χ4n) is 4.23. The lowest BCUT2D eigenvalue weighted by atomic mass is 10.1. The molecule has 1 aromatic heterocycles. The van der Waals surface area contributed by atoms with Crippen LogP contribution < -0.4 is 14.8 Å². The van der Waals surface area contributed by atoms with Gasteiger partial charge < -0.3 is 24.5 Å². The van der Waals surface area contributed by atoms with Gasteiger partial charge >= 0.3 is 5.97 Å². The molecule has 4 rings (SSSR count). The minimum absolute atomic E-state index is 0.297. The second-order valence-corrected chi connectivity index (χ2v) is 8.40. The summed E-state index contributed by atoms with van der Waals surface area (Å²) in [5.41, 5.74) is 4.01. The van der Waals surface area contributed by atoms with E-state index in [1.54, 1.807) is 14.2 Å². The normalized spacial score (nSPS) is 11.0. The van der Waals surface area contributed by atoms with Crippen LogP contribution in [0.3, 0.4) is 0 Å². The summed E-state index contributed by atoms with van der Waals surface area (Å²) >= 11 is 6.02. The molecule has 1 heterocycles. The maximum atomic E-state index is 12.4. The van der Waals surface area contributed by atoms with Crippen LogP contribution in [-0.4, -0.2) is 36.4 Å². The molecule has 0 aliphatic heterocycles. The molecule has 0 saturated heterocycles. The Bertz CT molecular complexity index is 1300. The third kappa shape index (κ3) is 5.03. The van der Waals surface area contributed by atoms with E-state index < -0.39 is 5.97 Å². The van der Waals surface area contributed by atoms with Gasteiger partial charge in [-0.2, -0.15) is 0 Å². The van der Waals surface area contributed by atoms with Gasteiger partial charge in [0.25, 0.3) is 0 Å². The van der Waals surface area contributed by atoms with Gasteiger partial charge in [0.2, 0.25) is 0 Å². The number of carboxylic acids is 1. The van der Waals surface area contributed by atoms with E-state index >= 15 is 0 Å². The predicted molar refractivity (Wildman–Crippen MR) is 134 cm³/mol. The van der Waals surface area contributed by atoms with E-state index in [9.17, 15) is 9.90 Å².